The van der Waals surface area contributed by atoms with Gasteiger partial charge in [0.2, 0.25) is 0 Å². The van der Waals surface area contributed by atoms with Gasteiger partial charge in [0, 0.05) is 12.6 Å². The molecule has 1 aliphatic carbocycles. The van der Waals surface area contributed by atoms with Crippen molar-refractivity contribution in [1.29, 1.82) is 0 Å². The average Bonchev–Trinajstić information content (AvgIpc) is 2.30. The molecule has 0 amide bonds. The first kappa shape index (κ1) is 9.41. The van der Waals surface area contributed by atoms with E-state index in [-0.39, 0.29) is 0 Å². The summed E-state index contributed by atoms with van der Waals surface area (Å²) in [7, 11) is 0. The van der Waals surface area contributed by atoms with E-state index in [0.29, 0.717) is 6.04 Å². The van der Waals surface area contributed by atoms with Crippen molar-refractivity contribution in [3.8, 4) is 0 Å². The molecule has 0 bridgehead atoms. The van der Waals surface area contributed by atoms with Crippen molar-refractivity contribution >= 4 is 0 Å². The lowest BCUT2D eigenvalue weighted by Gasteiger charge is -2.36. The molecule has 80 valence electrons. The fraction of sp³-hybridized carbons (Fsp3) is 0.571. The van der Waals surface area contributed by atoms with Crippen LogP contribution in [0.3, 0.4) is 0 Å². The molecule has 0 spiro atoms. The van der Waals surface area contributed by atoms with Gasteiger partial charge in [0.15, 0.2) is 0 Å². The molecular formula is C14H19N. The molecule has 1 N–H and O–H groups in total. The number of hydrogen-bond acceptors (Lipinski definition) is 1. The third-order valence-corrected chi connectivity index (χ3v) is 4.03. The lowest BCUT2D eigenvalue weighted by atomic mass is 9.76. The monoisotopic (exact) mass is 201 g/mol. The van der Waals surface area contributed by atoms with Crippen molar-refractivity contribution in [2.24, 2.45) is 0 Å². The van der Waals surface area contributed by atoms with Crippen molar-refractivity contribution in [2.45, 2.75) is 44.6 Å². The third-order valence-electron chi connectivity index (χ3n) is 4.03. The van der Waals surface area contributed by atoms with Gasteiger partial charge in [-0.15, -0.1) is 0 Å². The van der Waals surface area contributed by atoms with Crippen molar-refractivity contribution in [1.82, 2.24) is 5.32 Å². The summed E-state index contributed by atoms with van der Waals surface area (Å²) in [6.07, 6.45) is 5.27. The Morgan fingerprint density at radius 1 is 1.40 bits per heavy atom. The molecule has 0 fully saturated rings. The van der Waals surface area contributed by atoms with E-state index < -0.39 is 0 Å². The summed E-state index contributed by atoms with van der Waals surface area (Å²) in [5.41, 5.74) is 4.92. The molecular weight excluding hydrogens is 182 g/mol. The Morgan fingerprint density at radius 2 is 2.33 bits per heavy atom. The smallest absolute Gasteiger partial charge is 0.0320 e. The minimum absolute atomic E-state index is 0.606. The van der Waals surface area contributed by atoms with Crippen molar-refractivity contribution < 1.29 is 0 Å². The van der Waals surface area contributed by atoms with Crippen molar-refractivity contribution in [3.05, 3.63) is 34.9 Å². The highest BCUT2D eigenvalue weighted by molar-refractivity contribution is 5.43. The lowest BCUT2D eigenvalue weighted by molar-refractivity contribution is 0.410. The standard InChI is InChI=1S/C14H19N/c1-2-13-12-8-4-6-10-5-3-7-11(9-15-13)14(10)12/h4,6,8,11,13,15H,2-3,5,7,9H2,1H3. The van der Waals surface area contributed by atoms with Crippen LogP contribution in [0.25, 0.3) is 0 Å². The van der Waals surface area contributed by atoms with Crippen LogP contribution in [0.5, 0.6) is 0 Å². The van der Waals surface area contributed by atoms with E-state index in [9.17, 15) is 0 Å². The van der Waals surface area contributed by atoms with Gasteiger partial charge in [0.05, 0.1) is 0 Å². The first-order valence-corrected chi connectivity index (χ1v) is 6.25. The zero-order valence-electron chi connectivity index (χ0n) is 9.42. The van der Waals surface area contributed by atoms with E-state index in [1.54, 1.807) is 16.7 Å². The quantitative estimate of drug-likeness (QED) is 0.736. The number of rotatable bonds is 1. The Morgan fingerprint density at radius 3 is 3.20 bits per heavy atom. The van der Waals surface area contributed by atoms with Crippen LogP contribution in [0.4, 0.5) is 0 Å². The first-order valence-electron chi connectivity index (χ1n) is 6.25. The summed E-state index contributed by atoms with van der Waals surface area (Å²) in [5.74, 6) is 0.799. The number of aryl methyl sites for hydroxylation is 1. The van der Waals surface area contributed by atoms with Crippen LogP contribution in [-0.4, -0.2) is 6.54 Å². The van der Waals surface area contributed by atoms with Gasteiger partial charge in [-0.25, -0.2) is 0 Å². The SMILES string of the molecule is CCC1NCC2CCCc3cccc1c32. The Hall–Kier alpha value is -0.820. The molecule has 0 aromatic heterocycles. The van der Waals surface area contributed by atoms with Crippen LogP contribution in [0.15, 0.2) is 18.2 Å². The second-order valence-electron chi connectivity index (χ2n) is 4.88. The van der Waals surface area contributed by atoms with E-state index in [2.05, 4.69) is 30.4 Å². The summed E-state index contributed by atoms with van der Waals surface area (Å²) < 4.78 is 0. The third kappa shape index (κ3) is 1.41. The molecule has 0 saturated heterocycles. The summed E-state index contributed by atoms with van der Waals surface area (Å²) in [6.45, 7) is 3.47. The maximum absolute atomic E-state index is 3.69. The summed E-state index contributed by atoms with van der Waals surface area (Å²) in [4.78, 5) is 0. The van der Waals surface area contributed by atoms with Crippen LogP contribution in [-0.2, 0) is 6.42 Å². The fourth-order valence-corrected chi connectivity index (χ4v) is 3.30. The molecule has 1 aliphatic heterocycles. The summed E-state index contributed by atoms with van der Waals surface area (Å²) >= 11 is 0. The van der Waals surface area contributed by atoms with E-state index in [1.807, 2.05) is 0 Å². The van der Waals surface area contributed by atoms with E-state index in [0.717, 1.165) is 5.92 Å². The highest BCUT2D eigenvalue weighted by Gasteiger charge is 2.29. The molecule has 1 heteroatoms. The molecule has 0 saturated carbocycles. The fourth-order valence-electron chi connectivity index (χ4n) is 3.30. The highest BCUT2D eigenvalue weighted by Crippen LogP contribution is 2.39. The number of nitrogens with one attached hydrogen (secondary N) is 1. The maximum atomic E-state index is 3.69. The van der Waals surface area contributed by atoms with Gasteiger partial charge in [0.25, 0.3) is 0 Å². The van der Waals surface area contributed by atoms with Crippen LogP contribution in [0, 0.1) is 0 Å². The molecule has 2 atom stereocenters. The summed E-state index contributed by atoms with van der Waals surface area (Å²) in [6, 6.07) is 7.52. The van der Waals surface area contributed by atoms with E-state index in [1.165, 1.54) is 32.2 Å². The van der Waals surface area contributed by atoms with Crippen LogP contribution >= 0.6 is 0 Å². The molecule has 0 radical (unpaired) electrons. The number of benzene rings is 1. The first-order chi connectivity index (χ1) is 7.40. The van der Waals surface area contributed by atoms with E-state index >= 15 is 0 Å². The summed E-state index contributed by atoms with van der Waals surface area (Å²) in [5, 5.41) is 3.69. The maximum Gasteiger partial charge on any atom is 0.0320 e. The minimum atomic E-state index is 0.606. The van der Waals surface area contributed by atoms with Gasteiger partial charge in [-0.2, -0.15) is 0 Å². The second kappa shape index (κ2) is 3.64. The van der Waals surface area contributed by atoms with Crippen molar-refractivity contribution in [3.63, 3.8) is 0 Å². The molecule has 2 aliphatic rings. The molecule has 15 heavy (non-hydrogen) atoms. The van der Waals surface area contributed by atoms with Gasteiger partial charge in [-0.1, -0.05) is 25.1 Å². The van der Waals surface area contributed by atoms with Crippen LogP contribution in [0.1, 0.15) is 54.8 Å². The molecule has 1 aromatic carbocycles. The molecule has 1 nitrogen and oxygen atoms in total. The Kier molecular flexibility index (Phi) is 2.28. The molecule has 1 heterocycles. The normalized spacial score (nSPS) is 28.6. The topological polar surface area (TPSA) is 12.0 Å². The predicted octanol–water partition coefficient (Wildman–Crippen LogP) is 3.16. The van der Waals surface area contributed by atoms with Crippen LogP contribution < -0.4 is 5.32 Å². The van der Waals surface area contributed by atoms with Crippen LogP contribution in [0.2, 0.25) is 0 Å². The zero-order chi connectivity index (χ0) is 10.3. The van der Waals surface area contributed by atoms with Crippen molar-refractivity contribution in [2.75, 3.05) is 6.54 Å². The zero-order valence-corrected chi connectivity index (χ0v) is 9.42. The highest BCUT2D eigenvalue weighted by atomic mass is 14.9. The Balaban J connectivity index is 2.13. The van der Waals surface area contributed by atoms with Gasteiger partial charge >= 0.3 is 0 Å². The number of hydrogen-bond donors (Lipinski definition) is 1. The van der Waals surface area contributed by atoms with E-state index in [4.69, 9.17) is 0 Å². The largest absolute Gasteiger partial charge is 0.309 e. The Bertz CT molecular complexity index is 370. The lowest BCUT2D eigenvalue weighted by Crippen LogP contribution is -2.34. The van der Waals surface area contributed by atoms with Gasteiger partial charge in [-0.05, 0) is 48.3 Å². The Labute approximate surface area is 91.9 Å². The molecule has 3 rings (SSSR count). The minimum Gasteiger partial charge on any atom is -0.309 e. The molecule has 1 aromatic rings. The van der Waals surface area contributed by atoms with Gasteiger partial charge in [-0.3, -0.25) is 0 Å². The molecule has 2 unspecified atom stereocenters. The predicted molar refractivity (Wildman–Crippen MR) is 63.2 cm³/mol. The second-order valence-corrected chi connectivity index (χ2v) is 4.88. The van der Waals surface area contributed by atoms with Gasteiger partial charge < -0.3 is 5.32 Å². The average molecular weight is 201 g/mol. The van der Waals surface area contributed by atoms with Gasteiger partial charge in [0.1, 0.15) is 0 Å².